The van der Waals surface area contributed by atoms with Gasteiger partial charge >= 0.3 is 6.08 Å². The summed E-state index contributed by atoms with van der Waals surface area (Å²) in [6.45, 7) is 4.12. The number of hydrogen-bond acceptors (Lipinski definition) is 5. The molecule has 0 N–H and O–H groups in total. The lowest BCUT2D eigenvalue weighted by Gasteiger charge is -1.94. The zero-order valence-corrected chi connectivity index (χ0v) is 12.1. The Labute approximate surface area is 117 Å². The van der Waals surface area contributed by atoms with Crippen LogP contribution < -0.4 is 0 Å². The maximum atomic E-state index is 12.6. The molecule has 1 rings (SSSR count). The molecule has 0 aliphatic rings. The number of rotatable bonds is 7. The first-order chi connectivity index (χ1) is 9.04. The van der Waals surface area contributed by atoms with Crippen LogP contribution in [0.5, 0.6) is 0 Å². The predicted octanol–water partition coefficient (Wildman–Crippen LogP) is 4.38. The van der Waals surface area contributed by atoms with Crippen molar-refractivity contribution in [3.63, 3.8) is 0 Å². The van der Waals surface area contributed by atoms with Crippen LogP contribution in [0, 0.1) is 6.92 Å². The lowest BCUT2D eigenvalue weighted by atomic mass is 10.4. The van der Waals surface area contributed by atoms with E-state index >= 15 is 0 Å². The second-order valence-electron chi connectivity index (χ2n) is 3.35. The minimum absolute atomic E-state index is 0.220. The van der Waals surface area contributed by atoms with E-state index < -0.39 is 11.9 Å². The van der Waals surface area contributed by atoms with Gasteiger partial charge in [-0.3, -0.25) is 0 Å². The lowest BCUT2D eigenvalue weighted by molar-refractivity contribution is 0.160. The molecule has 3 nitrogen and oxygen atoms in total. The largest absolute Gasteiger partial charge is 0.396 e. The number of thioether (sulfide) groups is 1. The van der Waals surface area contributed by atoms with Crippen LogP contribution in [0.2, 0.25) is 0 Å². The highest BCUT2D eigenvalue weighted by Crippen LogP contribution is 2.28. The van der Waals surface area contributed by atoms with Crippen molar-refractivity contribution in [1.82, 2.24) is 4.98 Å². The van der Waals surface area contributed by atoms with Gasteiger partial charge in [-0.15, -0.1) is 11.3 Å². The van der Waals surface area contributed by atoms with E-state index in [0.717, 1.165) is 10.6 Å². The van der Waals surface area contributed by atoms with E-state index in [2.05, 4.69) is 10.1 Å². The predicted molar refractivity (Wildman–Crippen MR) is 71.8 cm³/mol. The number of halogens is 3. The van der Waals surface area contributed by atoms with Gasteiger partial charge in [0.15, 0.2) is 10.2 Å². The molecular weight excluding hydrogens is 297 g/mol. The standard InChI is InChI=1S/C11H13F3N2OS2/c1-3-17-15-6-9-7(2)16-11(19-9)18-5-4-8(12)10(13)14/h6H,3-5H2,1-2H3/b15-6+. The van der Waals surface area contributed by atoms with E-state index in [4.69, 9.17) is 4.84 Å². The number of nitrogens with zero attached hydrogens (tertiary/aromatic N) is 2. The molecule has 8 heteroatoms. The van der Waals surface area contributed by atoms with Crippen LogP contribution in [-0.4, -0.2) is 23.6 Å². The third kappa shape index (κ3) is 5.65. The van der Waals surface area contributed by atoms with Gasteiger partial charge in [0, 0.05) is 12.2 Å². The number of aryl methyl sites for hydroxylation is 1. The highest BCUT2D eigenvalue weighted by Gasteiger charge is 2.09. The van der Waals surface area contributed by atoms with Gasteiger partial charge in [-0.05, 0) is 13.8 Å². The fourth-order valence-corrected chi connectivity index (χ4v) is 3.12. The Morgan fingerprint density at radius 1 is 1.47 bits per heavy atom. The van der Waals surface area contributed by atoms with Gasteiger partial charge in [0.25, 0.3) is 0 Å². The van der Waals surface area contributed by atoms with Gasteiger partial charge in [-0.25, -0.2) is 9.37 Å². The molecule has 0 saturated heterocycles. The van der Waals surface area contributed by atoms with E-state index in [1.807, 2.05) is 13.8 Å². The zero-order chi connectivity index (χ0) is 14.3. The van der Waals surface area contributed by atoms with Crippen LogP contribution in [0.25, 0.3) is 0 Å². The molecule has 0 saturated carbocycles. The van der Waals surface area contributed by atoms with Gasteiger partial charge in [-0.2, -0.15) is 8.78 Å². The Balaban J connectivity index is 2.52. The van der Waals surface area contributed by atoms with Gasteiger partial charge in [0.1, 0.15) is 6.61 Å². The Morgan fingerprint density at radius 3 is 2.84 bits per heavy atom. The molecule has 0 aromatic carbocycles. The van der Waals surface area contributed by atoms with Crippen molar-refractivity contribution in [3.8, 4) is 0 Å². The molecule has 19 heavy (non-hydrogen) atoms. The molecule has 0 spiro atoms. The molecule has 0 radical (unpaired) electrons. The topological polar surface area (TPSA) is 34.5 Å². The Hall–Kier alpha value is -1.02. The first-order valence-electron chi connectivity index (χ1n) is 5.49. The third-order valence-electron chi connectivity index (χ3n) is 1.94. The second-order valence-corrected chi connectivity index (χ2v) is 5.72. The van der Waals surface area contributed by atoms with Gasteiger partial charge in [0.05, 0.1) is 16.8 Å². The monoisotopic (exact) mass is 310 g/mol. The summed E-state index contributed by atoms with van der Waals surface area (Å²) in [6, 6.07) is 0. The van der Waals surface area contributed by atoms with Crippen molar-refractivity contribution >= 4 is 29.3 Å². The van der Waals surface area contributed by atoms with Crippen LogP contribution >= 0.6 is 23.1 Å². The number of thiazole rings is 1. The van der Waals surface area contributed by atoms with Crippen LogP contribution in [-0.2, 0) is 4.84 Å². The van der Waals surface area contributed by atoms with Crippen LogP contribution in [0.3, 0.4) is 0 Å². The number of oxime groups is 1. The van der Waals surface area contributed by atoms with Gasteiger partial charge in [0.2, 0.25) is 0 Å². The van der Waals surface area contributed by atoms with Crippen molar-refractivity contribution in [1.29, 1.82) is 0 Å². The average Bonchev–Trinajstić information content (AvgIpc) is 2.70. The summed E-state index contributed by atoms with van der Waals surface area (Å²) < 4.78 is 37.0. The maximum absolute atomic E-state index is 12.6. The number of allylic oxidation sites excluding steroid dienone is 1. The Morgan fingerprint density at radius 2 is 2.21 bits per heavy atom. The highest BCUT2D eigenvalue weighted by atomic mass is 32.2. The summed E-state index contributed by atoms with van der Waals surface area (Å²) in [5, 5.41) is 3.74. The first-order valence-corrected chi connectivity index (χ1v) is 7.30. The quantitative estimate of drug-likeness (QED) is 0.426. The van der Waals surface area contributed by atoms with E-state index in [9.17, 15) is 13.2 Å². The Bertz CT molecular complexity index is 471. The van der Waals surface area contributed by atoms with Crippen molar-refractivity contribution < 1.29 is 18.0 Å². The van der Waals surface area contributed by atoms with Crippen molar-refractivity contribution in [2.45, 2.75) is 24.6 Å². The molecule has 0 atom stereocenters. The van der Waals surface area contributed by atoms with Crippen LogP contribution in [0.1, 0.15) is 23.9 Å². The molecule has 106 valence electrons. The van der Waals surface area contributed by atoms with Gasteiger partial charge < -0.3 is 4.84 Å². The molecule has 0 fully saturated rings. The highest BCUT2D eigenvalue weighted by molar-refractivity contribution is 8.01. The summed E-state index contributed by atoms with van der Waals surface area (Å²) in [6.07, 6.45) is -0.989. The normalized spacial score (nSPS) is 11.0. The number of aromatic nitrogens is 1. The van der Waals surface area contributed by atoms with E-state index in [1.165, 1.54) is 23.1 Å². The average molecular weight is 310 g/mol. The zero-order valence-electron chi connectivity index (χ0n) is 10.5. The van der Waals surface area contributed by atoms with Crippen molar-refractivity contribution in [3.05, 3.63) is 22.5 Å². The minimum atomic E-state index is -2.25. The maximum Gasteiger partial charge on any atom is 0.301 e. The van der Waals surface area contributed by atoms with E-state index in [1.54, 1.807) is 6.21 Å². The van der Waals surface area contributed by atoms with E-state index in [0.29, 0.717) is 10.9 Å². The summed E-state index contributed by atoms with van der Waals surface area (Å²) in [5.74, 6) is -1.14. The van der Waals surface area contributed by atoms with Crippen LogP contribution in [0.15, 0.2) is 21.4 Å². The molecule has 1 aromatic rings. The summed E-state index contributed by atoms with van der Waals surface area (Å²) in [7, 11) is 0. The molecular formula is C11H13F3N2OS2. The molecule has 0 amide bonds. The van der Waals surface area contributed by atoms with E-state index in [-0.39, 0.29) is 12.2 Å². The Kier molecular flexibility index (Phi) is 6.93. The molecule has 0 bridgehead atoms. The van der Waals surface area contributed by atoms with Gasteiger partial charge in [-0.1, -0.05) is 16.9 Å². The minimum Gasteiger partial charge on any atom is -0.396 e. The molecule has 1 heterocycles. The molecule has 0 unspecified atom stereocenters. The summed E-state index contributed by atoms with van der Waals surface area (Å²) in [4.78, 5) is 9.92. The lowest BCUT2D eigenvalue weighted by Crippen LogP contribution is -1.84. The van der Waals surface area contributed by atoms with Crippen molar-refractivity contribution in [2.24, 2.45) is 5.16 Å². The smallest absolute Gasteiger partial charge is 0.301 e. The summed E-state index contributed by atoms with van der Waals surface area (Å²) in [5.41, 5.74) is 0.781. The molecule has 0 aliphatic carbocycles. The number of hydrogen-bond donors (Lipinski definition) is 0. The fourth-order valence-electron chi connectivity index (χ4n) is 1.05. The molecule has 0 aliphatic heterocycles. The third-order valence-corrected chi connectivity index (χ3v) is 4.18. The second kappa shape index (κ2) is 8.21. The van der Waals surface area contributed by atoms with Crippen molar-refractivity contribution in [2.75, 3.05) is 12.4 Å². The SMILES string of the molecule is CCO/N=C/c1sc(SCCC(F)=C(F)F)nc1C. The van der Waals surface area contributed by atoms with Crippen LogP contribution in [0.4, 0.5) is 13.2 Å². The first kappa shape index (κ1) is 16.0. The molecule has 1 aromatic heterocycles. The summed E-state index contributed by atoms with van der Waals surface area (Å²) >= 11 is 2.60. The fraction of sp³-hybridized carbons (Fsp3) is 0.455.